The van der Waals surface area contributed by atoms with Crippen LogP contribution in [-0.2, 0) is 20.8 Å². The molecule has 1 saturated carbocycles. The average Bonchev–Trinajstić information content (AvgIpc) is 3.14. The minimum Gasteiger partial charge on any atom is -0.475 e. The lowest BCUT2D eigenvalue weighted by atomic mass is 10.1. The fourth-order valence-electron chi connectivity index (χ4n) is 3.10. The minimum absolute atomic E-state index is 0.261. The second kappa shape index (κ2) is 8.43. The Kier molecular flexibility index (Phi) is 6.78. The molecule has 142 valence electrons. The molecular formula is C15H21F3N2O4S. The number of rotatable bonds is 3. The van der Waals surface area contributed by atoms with Crippen LogP contribution >= 0.6 is 11.3 Å². The lowest BCUT2D eigenvalue weighted by Crippen LogP contribution is -2.51. The van der Waals surface area contributed by atoms with Gasteiger partial charge in [-0.25, -0.2) is 9.78 Å². The molecule has 0 radical (unpaired) electrons. The normalized spacial score (nSPS) is 26.7. The molecule has 2 heterocycles. The van der Waals surface area contributed by atoms with Gasteiger partial charge in [0.1, 0.15) is 0 Å². The van der Waals surface area contributed by atoms with Crippen LogP contribution in [0.25, 0.3) is 0 Å². The molecule has 3 atom stereocenters. The topological polar surface area (TPSA) is 71.9 Å². The molecule has 0 amide bonds. The van der Waals surface area contributed by atoms with Gasteiger partial charge in [-0.3, -0.25) is 4.90 Å². The molecule has 0 aromatic carbocycles. The number of carboxylic acid groups (broad SMARTS) is 1. The van der Waals surface area contributed by atoms with Crippen molar-refractivity contribution in [3.05, 3.63) is 16.1 Å². The molecule has 2 aliphatic rings. The summed E-state index contributed by atoms with van der Waals surface area (Å²) in [5, 5.41) is 7.12. The number of ether oxygens (including phenoxy) is 2. The molecule has 2 fully saturated rings. The van der Waals surface area contributed by atoms with Gasteiger partial charge in [-0.1, -0.05) is 0 Å². The summed E-state index contributed by atoms with van der Waals surface area (Å²) in [5.41, 5.74) is 3.11. The summed E-state index contributed by atoms with van der Waals surface area (Å²) in [5.74, 6) is -2.76. The molecule has 1 aromatic rings. The van der Waals surface area contributed by atoms with Crippen molar-refractivity contribution in [2.75, 3.05) is 20.3 Å². The number of nitrogens with zero attached hydrogens (tertiary/aromatic N) is 2. The van der Waals surface area contributed by atoms with Crippen LogP contribution in [0.5, 0.6) is 0 Å². The molecule has 1 aliphatic heterocycles. The number of hydrogen-bond donors (Lipinski definition) is 1. The first-order valence-electron chi connectivity index (χ1n) is 7.81. The summed E-state index contributed by atoms with van der Waals surface area (Å²) >= 11 is 1.76. The quantitative estimate of drug-likeness (QED) is 0.866. The maximum Gasteiger partial charge on any atom is 0.490 e. The zero-order chi connectivity index (χ0) is 18.6. The molecule has 10 heteroatoms. The fourth-order valence-corrected chi connectivity index (χ4v) is 3.90. The van der Waals surface area contributed by atoms with E-state index in [1.165, 1.54) is 17.0 Å². The second-order valence-electron chi connectivity index (χ2n) is 5.89. The third-order valence-corrected chi connectivity index (χ3v) is 5.31. The van der Waals surface area contributed by atoms with Gasteiger partial charge in [0.05, 0.1) is 30.0 Å². The van der Waals surface area contributed by atoms with E-state index in [2.05, 4.69) is 16.8 Å². The number of hydrogen-bond acceptors (Lipinski definition) is 6. The smallest absolute Gasteiger partial charge is 0.475 e. The molecule has 1 N–H and O–H groups in total. The van der Waals surface area contributed by atoms with Gasteiger partial charge in [-0.2, -0.15) is 13.2 Å². The van der Waals surface area contributed by atoms with Gasteiger partial charge in [-0.15, -0.1) is 11.3 Å². The highest BCUT2D eigenvalue weighted by molar-refractivity contribution is 7.09. The van der Waals surface area contributed by atoms with Crippen molar-refractivity contribution in [2.24, 2.45) is 0 Å². The Balaban J connectivity index is 0.000000277. The lowest BCUT2D eigenvalue weighted by molar-refractivity contribution is -0.192. The highest BCUT2D eigenvalue weighted by atomic mass is 32.1. The zero-order valence-corrected chi connectivity index (χ0v) is 14.8. The number of aryl methyl sites for hydroxylation is 1. The maximum absolute atomic E-state index is 10.6. The standard InChI is InChI=1S/C13H20N2O2S.C2HF3O2/c1-9-12(18-8-14-9)7-15-5-6-17-13-10(15)3-4-11(13)16-2;3-2(4,5)1(6)7/h8,10-11,13H,3-7H2,1-2H3;(H,6,7)/t10-,11-,13+;/m0./s1. The third-order valence-electron chi connectivity index (χ3n) is 4.39. The van der Waals surface area contributed by atoms with E-state index in [1.54, 1.807) is 18.4 Å². The summed E-state index contributed by atoms with van der Waals surface area (Å²) in [6, 6.07) is 0.519. The Hall–Kier alpha value is -1.23. The van der Waals surface area contributed by atoms with Crippen LogP contribution in [-0.4, -0.2) is 65.6 Å². The molecule has 1 aliphatic carbocycles. The van der Waals surface area contributed by atoms with E-state index in [1.807, 2.05) is 5.51 Å². The van der Waals surface area contributed by atoms with Crippen molar-refractivity contribution in [1.82, 2.24) is 9.88 Å². The largest absolute Gasteiger partial charge is 0.490 e. The maximum atomic E-state index is 10.6. The van der Waals surface area contributed by atoms with E-state index in [-0.39, 0.29) is 12.2 Å². The number of aromatic nitrogens is 1. The van der Waals surface area contributed by atoms with Crippen molar-refractivity contribution in [3.63, 3.8) is 0 Å². The highest BCUT2D eigenvalue weighted by Crippen LogP contribution is 2.33. The van der Waals surface area contributed by atoms with E-state index in [9.17, 15) is 13.2 Å². The first-order chi connectivity index (χ1) is 11.7. The van der Waals surface area contributed by atoms with Gasteiger partial charge in [0.2, 0.25) is 0 Å². The van der Waals surface area contributed by atoms with E-state index >= 15 is 0 Å². The Morgan fingerprint density at radius 2 is 2.20 bits per heavy atom. The van der Waals surface area contributed by atoms with Crippen LogP contribution < -0.4 is 0 Å². The molecule has 0 unspecified atom stereocenters. The molecule has 6 nitrogen and oxygen atoms in total. The van der Waals surface area contributed by atoms with Gasteiger partial charge in [0.25, 0.3) is 0 Å². The van der Waals surface area contributed by atoms with Gasteiger partial charge in [0.15, 0.2) is 0 Å². The predicted octanol–water partition coefficient (Wildman–Crippen LogP) is 2.46. The van der Waals surface area contributed by atoms with Gasteiger partial charge in [-0.05, 0) is 19.8 Å². The first kappa shape index (κ1) is 20.1. The summed E-state index contributed by atoms with van der Waals surface area (Å²) in [4.78, 5) is 17.2. The number of fused-ring (bicyclic) bond motifs is 1. The molecule has 1 aromatic heterocycles. The van der Waals surface area contributed by atoms with Crippen LogP contribution in [0.4, 0.5) is 13.2 Å². The predicted molar refractivity (Wildman–Crippen MR) is 84.5 cm³/mol. The fraction of sp³-hybridized carbons (Fsp3) is 0.733. The highest BCUT2D eigenvalue weighted by Gasteiger charge is 2.43. The molecule has 0 bridgehead atoms. The molecule has 1 saturated heterocycles. The van der Waals surface area contributed by atoms with Crippen LogP contribution in [0.1, 0.15) is 23.4 Å². The Labute approximate surface area is 147 Å². The van der Waals surface area contributed by atoms with Crippen LogP contribution in [0.2, 0.25) is 0 Å². The molecule has 3 rings (SSSR count). The van der Waals surface area contributed by atoms with E-state index in [0.29, 0.717) is 6.04 Å². The second-order valence-corrected chi connectivity index (χ2v) is 6.83. The number of halogens is 3. The van der Waals surface area contributed by atoms with Gasteiger partial charge >= 0.3 is 12.1 Å². The minimum atomic E-state index is -5.08. The lowest BCUT2D eigenvalue weighted by Gasteiger charge is -2.38. The average molecular weight is 382 g/mol. The molecule has 25 heavy (non-hydrogen) atoms. The Bertz CT molecular complexity index is 581. The van der Waals surface area contributed by atoms with E-state index in [4.69, 9.17) is 19.4 Å². The van der Waals surface area contributed by atoms with Crippen molar-refractivity contribution in [3.8, 4) is 0 Å². The van der Waals surface area contributed by atoms with Crippen LogP contribution in [0, 0.1) is 6.92 Å². The SMILES string of the molecule is CO[C@H]1CC[C@H]2[C@H]1OCCN2Cc1scnc1C.O=C(O)C(F)(F)F. The number of methoxy groups -OCH3 is 1. The van der Waals surface area contributed by atoms with Crippen molar-refractivity contribution in [1.29, 1.82) is 0 Å². The van der Waals surface area contributed by atoms with Crippen LogP contribution in [0.3, 0.4) is 0 Å². The van der Waals surface area contributed by atoms with Crippen LogP contribution in [0.15, 0.2) is 5.51 Å². The first-order valence-corrected chi connectivity index (χ1v) is 8.69. The number of morpholine rings is 1. The summed E-state index contributed by atoms with van der Waals surface area (Å²) < 4.78 is 43.2. The Morgan fingerprint density at radius 1 is 1.52 bits per heavy atom. The molecule has 0 spiro atoms. The third kappa shape index (κ3) is 5.13. The summed E-state index contributed by atoms with van der Waals surface area (Å²) in [7, 11) is 1.79. The number of carboxylic acids is 1. The Morgan fingerprint density at radius 3 is 2.72 bits per heavy atom. The number of carbonyl (C=O) groups is 1. The van der Waals surface area contributed by atoms with Gasteiger partial charge in [0, 0.05) is 31.1 Å². The van der Waals surface area contributed by atoms with Gasteiger partial charge < -0.3 is 14.6 Å². The van der Waals surface area contributed by atoms with Crippen molar-refractivity contribution in [2.45, 2.75) is 50.7 Å². The summed E-state index contributed by atoms with van der Waals surface area (Å²) in [6.07, 6.45) is -2.25. The number of aliphatic carboxylic acids is 1. The van der Waals surface area contributed by atoms with Crippen molar-refractivity contribution < 1.29 is 32.5 Å². The molecular weight excluding hydrogens is 361 g/mol. The van der Waals surface area contributed by atoms with Crippen molar-refractivity contribution >= 4 is 17.3 Å². The number of thiazole rings is 1. The summed E-state index contributed by atoms with van der Waals surface area (Å²) in [6.45, 7) is 4.95. The number of alkyl halides is 3. The zero-order valence-electron chi connectivity index (χ0n) is 14.0. The van der Waals surface area contributed by atoms with E-state index in [0.717, 1.165) is 26.1 Å². The monoisotopic (exact) mass is 382 g/mol. The van der Waals surface area contributed by atoms with E-state index < -0.39 is 12.1 Å².